The number of nitrogens with one attached hydrogen (secondary N) is 1. The van der Waals surface area contributed by atoms with Gasteiger partial charge in [0.1, 0.15) is 0 Å². The van der Waals surface area contributed by atoms with E-state index in [0.717, 1.165) is 5.56 Å². The maximum Gasteiger partial charge on any atom is 0.215 e. The molecule has 0 aliphatic rings. The van der Waals surface area contributed by atoms with Gasteiger partial charge in [-0.15, -0.1) is 0 Å². The molecule has 0 bridgehead atoms. The van der Waals surface area contributed by atoms with E-state index in [0.29, 0.717) is 0 Å². The second-order valence-electron chi connectivity index (χ2n) is 5.08. The fourth-order valence-corrected chi connectivity index (χ4v) is 2.55. The van der Waals surface area contributed by atoms with E-state index in [9.17, 15) is 13.5 Å². The van der Waals surface area contributed by atoms with Gasteiger partial charge in [-0.2, -0.15) is 0 Å². The fourth-order valence-electron chi connectivity index (χ4n) is 1.30. The van der Waals surface area contributed by atoms with Crippen LogP contribution in [0.5, 0.6) is 0 Å². The maximum atomic E-state index is 11.8. The summed E-state index contributed by atoms with van der Waals surface area (Å²) in [5, 5.41) is 9.99. The first-order valence-corrected chi connectivity index (χ1v) is 7.62. The Labute approximate surface area is 109 Å². The summed E-state index contributed by atoms with van der Waals surface area (Å²) in [5.41, 5.74) is -0.307. The smallest absolute Gasteiger partial charge is 0.215 e. The number of sulfonamides is 1. The van der Waals surface area contributed by atoms with Crippen LogP contribution in [0.1, 0.15) is 26.3 Å². The Bertz CT molecular complexity index is 466. The Morgan fingerprint density at radius 1 is 1.28 bits per heavy atom. The van der Waals surface area contributed by atoms with Gasteiger partial charge in [-0.05, 0) is 18.4 Å². The Balaban J connectivity index is 2.62. The van der Waals surface area contributed by atoms with E-state index in [2.05, 4.69) is 4.72 Å². The summed E-state index contributed by atoms with van der Waals surface area (Å²) in [5.74, 6) is -0.0842. The first-order valence-electron chi connectivity index (χ1n) is 5.96. The van der Waals surface area contributed by atoms with Crippen LogP contribution in [0.15, 0.2) is 30.3 Å². The van der Waals surface area contributed by atoms with E-state index in [1.165, 1.54) is 0 Å². The largest absolute Gasteiger partial charge is 0.389 e. The highest BCUT2D eigenvalue weighted by atomic mass is 32.2. The van der Waals surface area contributed by atoms with E-state index in [1.807, 2.05) is 19.9 Å². The third-order valence-corrected chi connectivity index (χ3v) is 4.39. The Hall–Kier alpha value is -0.910. The molecule has 1 unspecified atom stereocenters. The normalized spacial score (nSPS) is 15.6. The highest BCUT2D eigenvalue weighted by Gasteiger charge is 2.26. The van der Waals surface area contributed by atoms with Crippen LogP contribution in [0, 0.1) is 5.92 Å². The van der Waals surface area contributed by atoms with Crippen molar-refractivity contribution in [3.05, 3.63) is 35.9 Å². The molecule has 0 aliphatic heterocycles. The third-order valence-electron chi connectivity index (χ3n) is 3.09. The molecular weight excluding hydrogens is 250 g/mol. The van der Waals surface area contributed by atoms with Gasteiger partial charge in [0.15, 0.2) is 0 Å². The van der Waals surface area contributed by atoms with Crippen molar-refractivity contribution >= 4 is 10.0 Å². The fraction of sp³-hybridized carbons (Fsp3) is 0.538. The number of aliphatic hydroxyl groups is 1. The SMILES string of the molecule is CC(C)C(C)(O)CNS(=O)(=O)Cc1ccccc1. The topological polar surface area (TPSA) is 66.4 Å². The van der Waals surface area contributed by atoms with E-state index < -0.39 is 15.6 Å². The van der Waals surface area contributed by atoms with Crippen molar-refractivity contribution in [2.45, 2.75) is 32.1 Å². The summed E-state index contributed by atoms with van der Waals surface area (Å²) in [4.78, 5) is 0. The molecule has 1 atom stereocenters. The summed E-state index contributed by atoms with van der Waals surface area (Å²) in [6.07, 6.45) is 0. The Kier molecular flexibility index (Phi) is 4.90. The lowest BCUT2D eigenvalue weighted by Gasteiger charge is -2.27. The molecule has 5 heteroatoms. The van der Waals surface area contributed by atoms with Crippen molar-refractivity contribution in [3.63, 3.8) is 0 Å². The quantitative estimate of drug-likeness (QED) is 0.824. The molecule has 0 fully saturated rings. The average Bonchev–Trinajstić information content (AvgIpc) is 2.27. The van der Waals surface area contributed by atoms with E-state index in [1.54, 1.807) is 31.2 Å². The Morgan fingerprint density at radius 2 is 1.83 bits per heavy atom. The van der Waals surface area contributed by atoms with Gasteiger partial charge >= 0.3 is 0 Å². The molecule has 0 radical (unpaired) electrons. The number of rotatable bonds is 6. The van der Waals surface area contributed by atoms with Gasteiger partial charge in [0.05, 0.1) is 11.4 Å². The molecule has 0 spiro atoms. The first kappa shape index (κ1) is 15.1. The molecule has 1 aromatic carbocycles. The second kappa shape index (κ2) is 5.82. The highest BCUT2D eigenvalue weighted by molar-refractivity contribution is 7.88. The minimum absolute atomic E-state index is 0.0167. The predicted molar refractivity (Wildman–Crippen MR) is 72.5 cm³/mol. The molecule has 4 nitrogen and oxygen atoms in total. The lowest BCUT2D eigenvalue weighted by atomic mass is 9.93. The molecule has 1 rings (SSSR count). The molecule has 1 aromatic rings. The van der Waals surface area contributed by atoms with Crippen molar-refractivity contribution in [2.24, 2.45) is 5.92 Å². The zero-order valence-electron chi connectivity index (χ0n) is 11.1. The monoisotopic (exact) mass is 271 g/mol. The molecule has 0 aliphatic carbocycles. The molecule has 2 N–H and O–H groups in total. The van der Waals surface area contributed by atoms with Crippen molar-refractivity contribution < 1.29 is 13.5 Å². The summed E-state index contributed by atoms with van der Waals surface area (Å²) in [6, 6.07) is 8.97. The molecule has 0 saturated heterocycles. The summed E-state index contributed by atoms with van der Waals surface area (Å²) >= 11 is 0. The van der Waals surface area contributed by atoms with Crippen molar-refractivity contribution in [1.29, 1.82) is 0 Å². The minimum atomic E-state index is -3.41. The van der Waals surface area contributed by atoms with Crippen molar-refractivity contribution in [3.8, 4) is 0 Å². The van der Waals surface area contributed by atoms with Crippen LogP contribution in [-0.4, -0.2) is 25.7 Å². The standard InChI is InChI=1S/C13H21NO3S/c1-11(2)13(3,15)10-14-18(16,17)9-12-7-5-4-6-8-12/h4-8,11,14-15H,9-10H2,1-3H3. The first-order chi connectivity index (χ1) is 8.23. The van der Waals surface area contributed by atoms with Crippen LogP contribution in [0.2, 0.25) is 0 Å². The van der Waals surface area contributed by atoms with Crippen molar-refractivity contribution in [2.75, 3.05) is 6.54 Å². The highest BCUT2D eigenvalue weighted by Crippen LogP contribution is 2.15. The lowest BCUT2D eigenvalue weighted by molar-refractivity contribution is 0.0190. The predicted octanol–water partition coefficient (Wildman–Crippen LogP) is 1.51. The van der Waals surface area contributed by atoms with Crippen LogP contribution in [0.3, 0.4) is 0 Å². The molecule has 0 aromatic heterocycles. The van der Waals surface area contributed by atoms with E-state index in [-0.39, 0.29) is 18.2 Å². The second-order valence-corrected chi connectivity index (χ2v) is 6.88. The van der Waals surface area contributed by atoms with Gasteiger partial charge in [0.25, 0.3) is 0 Å². The molecule has 0 amide bonds. The van der Waals surface area contributed by atoms with Crippen LogP contribution >= 0.6 is 0 Å². The van der Waals surface area contributed by atoms with Crippen LogP contribution in [0.25, 0.3) is 0 Å². The van der Waals surface area contributed by atoms with Crippen molar-refractivity contribution in [1.82, 2.24) is 4.72 Å². The molecule has 0 heterocycles. The maximum absolute atomic E-state index is 11.8. The van der Waals surface area contributed by atoms with Gasteiger partial charge in [-0.1, -0.05) is 44.2 Å². The van der Waals surface area contributed by atoms with E-state index >= 15 is 0 Å². The average molecular weight is 271 g/mol. The number of hydrogen-bond donors (Lipinski definition) is 2. The molecule has 0 saturated carbocycles. The third kappa shape index (κ3) is 4.76. The zero-order chi connectivity index (χ0) is 13.8. The summed E-state index contributed by atoms with van der Waals surface area (Å²) in [7, 11) is -3.41. The minimum Gasteiger partial charge on any atom is -0.389 e. The number of benzene rings is 1. The summed E-state index contributed by atoms with van der Waals surface area (Å²) in [6.45, 7) is 5.36. The van der Waals surface area contributed by atoms with Gasteiger partial charge in [-0.3, -0.25) is 0 Å². The van der Waals surface area contributed by atoms with Crippen LogP contribution in [-0.2, 0) is 15.8 Å². The Morgan fingerprint density at radius 3 is 2.33 bits per heavy atom. The summed E-state index contributed by atoms with van der Waals surface area (Å²) < 4.78 is 26.1. The lowest BCUT2D eigenvalue weighted by Crippen LogP contribution is -2.44. The molecular formula is C13H21NO3S. The van der Waals surface area contributed by atoms with Gasteiger partial charge in [0, 0.05) is 6.54 Å². The zero-order valence-corrected chi connectivity index (χ0v) is 11.9. The van der Waals surface area contributed by atoms with Crippen LogP contribution in [0.4, 0.5) is 0 Å². The van der Waals surface area contributed by atoms with Crippen LogP contribution < -0.4 is 4.72 Å². The molecule has 102 valence electrons. The van der Waals surface area contributed by atoms with Gasteiger partial charge in [-0.25, -0.2) is 13.1 Å². The number of hydrogen-bond acceptors (Lipinski definition) is 3. The van der Waals surface area contributed by atoms with Gasteiger partial charge in [0.2, 0.25) is 10.0 Å². The van der Waals surface area contributed by atoms with E-state index in [4.69, 9.17) is 0 Å². The molecule has 18 heavy (non-hydrogen) atoms. The van der Waals surface area contributed by atoms with Gasteiger partial charge < -0.3 is 5.11 Å².